The van der Waals surface area contributed by atoms with Gasteiger partial charge in [-0.3, -0.25) is 4.79 Å². The van der Waals surface area contributed by atoms with Crippen molar-refractivity contribution in [3.05, 3.63) is 111 Å². The summed E-state index contributed by atoms with van der Waals surface area (Å²) in [6.45, 7) is 7.13. The van der Waals surface area contributed by atoms with Crippen LogP contribution in [-0.4, -0.2) is 29.9 Å². The van der Waals surface area contributed by atoms with Crippen molar-refractivity contribution >= 4 is 17.5 Å². The molecule has 2 aliphatic rings. The molecule has 1 spiro atoms. The molecule has 0 unspecified atom stereocenters. The van der Waals surface area contributed by atoms with Crippen LogP contribution >= 0.6 is 11.6 Å². The number of rotatable bonds is 9. The van der Waals surface area contributed by atoms with Crippen LogP contribution in [0.5, 0.6) is 5.75 Å². The molecule has 0 radical (unpaired) electrons. The average Bonchev–Trinajstić information content (AvgIpc) is 3.70. The van der Waals surface area contributed by atoms with E-state index in [1.165, 1.54) is 0 Å². The van der Waals surface area contributed by atoms with Gasteiger partial charge in [-0.25, -0.2) is 0 Å². The zero-order chi connectivity index (χ0) is 26.9. The van der Waals surface area contributed by atoms with Gasteiger partial charge in [0.25, 0.3) is 11.7 Å². The van der Waals surface area contributed by atoms with Gasteiger partial charge in [-0.05, 0) is 61.7 Å². The molecule has 5 rings (SSSR count). The van der Waals surface area contributed by atoms with Crippen molar-refractivity contribution in [2.45, 2.75) is 45.4 Å². The highest BCUT2D eigenvalue weighted by Crippen LogP contribution is 2.56. The average molecular weight is 533 g/mol. The quantitative estimate of drug-likeness (QED) is 0.263. The van der Waals surface area contributed by atoms with Crippen LogP contribution in [0, 0.1) is 12.8 Å². The van der Waals surface area contributed by atoms with Gasteiger partial charge >= 0.3 is 0 Å². The van der Waals surface area contributed by atoms with Gasteiger partial charge in [-0.1, -0.05) is 73.5 Å². The molecule has 2 N–H and O–H groups in total. The van der Waals surface area contributed by atoms with Crippen LogP contribution < -0.4 is 10.5 Å². The predicted octanol–water partition coefficient (Wildman–Crippen LogP) is 6.17. The van der Waals surface area contributed by atoms with E-state index in [-0.39, 0.29) is 11.8 Å². The van der Waals surface area contributed by atoms with Crippen LogP contribution in [0.1, 0.15) is 47.3 Å². The number of nitrogens with zero attached hydrogens (tertiary/aromatic N) is 1. The molecule has 0 aliphatic carbocycles. The number of fused-ring (bicyclic) bond motifs is 2. The first-order valence-electron chi connectivity index (χ1n) is 13.0. The predicted molar refractivity (Wildman–Crippen MR) is 148 cm³/mol. The molecule has 2 aliphatic heterocycles. The third kappa shape index (κ3) is 5.09. The topological polar surface area (TPSA) is 80.6 Å². The third-order valence-corrected chi connectivity index (χ3v) is 7.32. The molecule has 2 heterocycles. The number of carbonyl (C=O) groups is 1. The molecular formula is C31H33ClN2O4. The second-order valence-electron chi connectivity index (χ2n) is 10.2. The van der Waals surface area contributed by atoms with Gasteiger partial charge in [-0.15, -0.1) is 0 Å². The van der Waals surface area contributed by atoms with Crippen LogP contribution in [-0.2, 0) is 22.0 Å². The van der Waals surface area contributed by atoms with E-state index in [1.807, 2.05) is 60.4 Å². The third-order valence-electron chi connectivity index (χ3n) is 7.09. The van der Waals surface area contributed by atoms with Gasteiger partial charge < -0.3 is 15.4 Å². The van der Waals surface area contributed by atoms with Crippen molar-refractivity contribution < 1.29 is 19.3 Å². The SMILES string of the molecule is Cc1ccc(C(=O)N(CCCN)[C@@H](C2=C(Cc3ccccc3)C3(OO3)c3ccc(Cl)cc3O2)C(C)C)cc1. The van der Waals surface area contributed by atoms with E-state index in [2.05, 4.69) is 26.0 Å². The zero-order valence-electron chi connectivity index (χ0n) is 21.9. The molecule has 38 heavy (non-hydrogen) atoms. The molecular weight excluding hydrogens is 500 g/mol. The molecule has 3 aromatic rings. The Hall–Kier alpha value is -3.16. The van der Waals surface area contributed by atoms with Crippen LogP contribution in [0.25, 0.3) is 0 Å². The Morgan fingerprint density at radius 1 is 1.03 bits per heavy atom. The van der Waals surface area contributed by atoms with Crippen molar-refractivity contribution in [1.82, 2.24) is 4.90 Å². The number of ether oxygens (including phenoxy) is 1. The highest BCUT2D eigenvalue weighted by molar-refractivity contribution is 6.30. The first kappa shape index (κ1) is 26.4. The molecule has 3 aromatic carbocycles. The monoisotopic (exact) mass is 532 g/mol. The lowest BCUT2D eigenvalue weighted by Crippen LogP contribution is -2.48. The van der Waals surface area contributed by atoms with Crippen LogP contribution in [0.15, 0.2) is 84.1 Å². The summed E-state index contributed by atoms with van der Waals surface area (Å²) in [5.74, 6) is 0.0705. The second-order valence-corrected chi connectivity index (χ2v) is 10.7. The summed E-state index contributed by atoms with van der Waals surface area (Å²) in [7, 11) is 0. The maximum Gasteiger partial charge on any atom is 0.288 e. The lowest BCUT2D eigenvalue weighted by molar-refractivity contribution is 0.0607. The minimum atomic E-state index is -1.08. The lowest BCUT2D eigenvalue weighted by Gasteiger charge is -2.39. The zero-order valence-corrected chi connectivity index (χ0v) is 22.7. The van der Waals surface area contributed by atoms with Gasteiger partial charge in [0.2, 0.25) is 0 Å². The highest BCUT2D eigenvalue weighted by atomic mass is 35.5. The van der Waals surface area contributed by atoms with Crippen molar-refractivity contribution in [2.75, 3.05) is 13.1 Å². The van der Waals surface area contributed by atoms with Gasteiger partial charge in [0.15, 0.2) is 0 Å². The highest BCUT2D eigenvalue weighted by Gasteiger charge is 2.60. The van der Waals surface area contributed by atoms with E-state index in [1.54, 1.807) is 12.1 Å². The standard InChI is InChI=1S/C31H33ClN2O4/c1-20(2)28(34(17-7-16-33)30(35)23-12-10-21(3)11-13-23)29-26(18-22-8-5-4-6-9-22)31(37-38-31)25-15-14-24(32)19-27(25)36-29/h4-6,8-15,19-20,28H,7,16-18,33H2,1-3H3/t28-/m1/s1. The second kappa shape index (κ2) is 10.9. The Balaban J connectivity index is 1.66. The van der Waals surface area contributed by atoms with Gasteiger partial charge in [0, 0.05) is 29.1 Å². The fraction of sp³-hybridized carbons (Fsp3) is 0.323. The Morgan fingerprint density at radius 3 is 2.37 bits per heavy atom. The summed E-state index contributed by atoms with van der Waals surface area (Å²) in [5.41, 5.74) is 10.3. The van der Waals surface area contributed by atoms with Gasteiger partial charge in [0.1, 0.15) is 11.5 Å². The number of carbonyl (C=O) groups excluding carboxylic acids is 1. The van der Waals surface area contributed by atoms with Crippen molar-refractivity contribution in [2.24, 2.45) is 11.7 Å². The van der Waals surface area contributed by atoms with Crippen molar-refractivity contribution in [3.8, 4) is 5.75 Å². The number of aryl methyl sites for hydroxylation is 1. The number of halogens is 1. The summed E-state index contributed by atoms with van der Waals surface area (Å²) in [6.07, 6.45) is 1.19. The number of benzene rings is 3. The van der Waals surface area contributed by atoms with E-state index in [4.69, 9.17) is 31.8 Å². The number of nitrogens with two attached hydrogens (primary N) is 1. The van der Waals surface area contributed by atoms with E-state index in [9.17, 15) is 4.79 Å². The van der Waals surface area contributed by atoms with Crippen molar-refractivity contribution in [3.63, 3.8) is 0 Å². The first-order chi connectivity index (χ1) is 18.3. The van der Waals surface area contributed by atoms with E-state index in [0.717, 1.165) is 22.3 Å². The normalized spacial score (nSPS) is 16.3. The van der Waals surface area contributed by atoms with Gasteiger partial charge in [-0.2, -0.15) is 9.78 Å². The molecule has 6 nitrogen and oxygen atoms in total. The first-order valence-corrected chi connectivity index (χ1v) is 13.4. The molecule has 1 atom stereocenters. The maximum absolute atomic E-state index is 14.0. The van der Waals surface area contributed by atoms with Crippen LogP contribution in [0.2, 0.25) is 5.02 Å². The molecule has 1 saturated heterocycles. The summed E-state index contributed by atoms with van der Waals surface area (Å²) in [6, 6.07) is 22.8. The van der Waals surface area contributed by atoms with Crippen LogP contribution in [0.3, 0.4) is 0 Å². The van der Waals surface area contributed by atoms with E-state index < -0.39 is 11.8 Å². The Morgan fingerprint density at radius 2 is 1.74 bits per heavy atom. The summed E-state index contributed by atoms with van der Waals surface area (Å²) < 4.78 is 6.67. The minimum absolute atomic E-state index is 0.0134. The molecule has 7 heteroatoms. The van der Waals surface area contributed by atoms with E-state index >= 15 is 0 Å². The Bertz CT molecular complexity index is 1330. The fourth-order valence-corrected chi connectivity index (χ4v) is 5.29. The summed E-state index contributed by atoms with van der Waals surface area (Å²) >= 11 is 6.36. The molecule has 1 amide bonds. The Labute approximate surface area is 228 Å². The van der Waals surface area contributed by atoms with Crippen molar-refractivity contribution in [1.29, 1.82) is 0 Å². The smallest absolute Gasteiger partial charge is 0.288 e. The number of amides is 1. The minimum Gasteiger partial charge on any atom is -0.459 e. The molecule has 0 bridgehead atoms. The lowest BCUT2D eigenvalue weighted by atomic mass is 9.85. The molecule has 1 fully saturated rings. The molecule has 0 aromatic heterocycles. The fourth-order valence-electron chi connectivity index (χ4n) is 5.13. The van der Waals surface area contributed by atoms with Gasteiger partial charge in [0.05, 0.1) is 11.6 Å². The van der Waals surface area contributed by atoms with E-state index in [0.29, 0.717) is 48.0 Å². The van der Waals surface area contributed by atoms with Crippen LogP contribution in [0.4, 0.5) is 0 Å². The largest absolute Gasteiger partial charge is 0.459 e. The number of hydrogen-bond donors (Lipinski definition) is 1. The number of hydrogen-bond acceptors (Lipinski definition) is 5. The maximum atomic E-state index is 14.0. The molecule has 198 valence electrons. The Kier molecular flexibility index (Phi) is 7.59. The summed E-state index contributed by atoms with van der Waals surface area (Å²) in [5, 5.41) is 0.544. The molecule has 0 saturated carbocycles. The summed E-state index contributed by atoms with van der Waals surface area (Å²) in [4.78, 5) is 27.4.